The van der Waals surface area contributed by atoms with Gasteiger partial charge >= 0.3 is 17.9 Å². The third-order valence-corrected chi connectivity index (χ3v) is 9.89. The molecule has 48 heavy (non-hydrogen) atoms. The minimum Gasteiger partial charge on any atom is -0.478 e. The van der Waals surface area contributed by atoms with Gasteiger partial charge in [-0.15, -0.1) is 11.8 Å². The average molecular weight is 722 g/mol. The highest BCUT2D eigenvalue weighted by molar-refractivity contribution is 7.98. The van der Waals surface area contributed by atoms with E-state index in [1.807, 2.05) is 6.92 Å². The molecule has 4 aromatic rings. The summed E-state index contributed by atoms with van der Waals surface area (Å²) in [4.78, 5) is 47.1. The number of thioether (sulfide) groups is 1. The summed E-state index contributed by atoms with van der Waals surface area (Å²) in [6.45, 7) is 5.40. The first-order valence-corrected chi connectivity index (χ1v) is 18.3. The Morgan fingerprint density at radius 2 is 1.29 bits per heavy atom. The van der Waals surface area contributed by atoms with Crippen LogP contribution in [0.5, 0.6) is 0 Å². The first kappa shape index (κ1) is 39.1. The summed E-state index contributed by atoms with van der Waals surface area (Å²) in [5.74, 6) is -3.40. The number of nitrogens with zero attached hydrogens (tertiary/aromatic N) is 2. The van der Waals surface area contributed by atoms with E-state index in [0.717, 1.165) is 35.8 Å². The number of aryl methyl sites for hydroxylation is 2. The molecule has 15 nitrogen and oxygen atoms in total. The van der Waals surface area contributed by atoms with E-state index in [1.165, 1.54) is 48.2 Å². The van der Waals surface area contributed by atoms with Gasteiger partial charge in [-0.25, -0.2) is 31.2 Å². The predicted molar refractivity (Wildman–Crippen MR) is 179 cm³/mol. The zero-order valence-corrected chi connectivity index (χ0v) is 28.8. The number of nitrogen functional groups attached to an aromatic ring is 1. The number of rotatable bonds is 7. The first-order chi connectivity index (χ1) is 22.0. The normalized spacial score (nSPS) is 11.0. The molecule has 0 unspecified atom stereocenters. The van der Waals surface area contributed by atoms with Gasteiger partial charge in [-0.3, -0.25) is 15.1 Å². The van der Waals surface area contributed by atoms with Gasteiger partial charge in [0.1, 0.15) is 0 Å². The average Bonchev–Trinajstić information content (AvgIpc) is 2.98. The summed E-state index contributed by atoms with van der Waals surface area (Å²) >= 11 is 1.21. The summed E-state index contributed by atoms with van der Waals surface area (Å²) in [6, 6.07) is 10.00. The molecule has 1 aromatic heterocycles. The fraction of sp³-hybridized carbons (Fsp3) is 0.200. The first-order valence-electron chi connectivity index (χ1n) is 13.2. The molecule has 0 aliphatic carbocycles. The van der Waals surface area contributed by atoms with Gasteiger partial charge in [-0.2, -0.15) is 0 Å². The van der Waals surface area contributed by atoms with Crippen LogP contribution in [0.2, 0.25) is 0 Å². The molecule has 0 amide bonds. The standard InChI is InChI=1S/C14H15NO4S.C8H9NO4S.C8H7NO4S/c1-7-8(2)12-10(14(16)17)5-6-11(20(4,18)19)13(12)15-9(7)3;1-14(12,13)7-3-2-5(8(10)11)4-6(7)9;1-14-7-3-2-5(8(10)11)4-6(7)9(12)13/h5-6H,1-4H3,(H,16,17);2-4H,9H2,1H3,(H,10,11);2-4H,1H3,(H,10,11). The van der Waals surface area contributed by atoms with Crippen molar-refractivity contribution in [3.63, 3.8) is 0 Å². The Morgan fingerprint density at radius 3 is 1.73 bits per heavy atom. The number of nitro benzene ring substituents is 1. The molecule has 0 atom stereocenters. The van der Waals surface area contributed by atoms with E-state index in [0.29, 0.717) is 16.0 Å². The Morgan fingerprint density at radius 1 is 0.792 bits per heavy atom. The molecule has 18 heteroatoms. The SMILES string of the molecule is CS(=O)(=O)c1ccc(C(=O)O)cc1N.CSc1ccc(C(=O)O)cc1[N+](=O)[O-].Cc1nc2c(S(C)(=O)=O)ccc(C(=O)O)c2c(C)c1C. The van der Waals surface area contributed by atoms with Crippen molar-refractivity contribution < 1.29 is 51.5 Å². The zero-order valence-electron chi connectivity index (χ0n) is 26.3. The molecule has 0 spiro atoms. The Balaban J connectivity index is 0.000000257. The Kier molecular flexibility index (Phi) is 12.4. The summed E-state index contributed by atoms with van der Waals surface area (Å²) < 4.78 is 45.9. The van der Waals surface area contributed by atoms with Crippen molar-refractivity contribution in [3.8, 4) is 0 Å². The molecule has 3 aromatic carbocycles. The monoisotopic (exact) mass is 721 g/mol. The minimum absolute atomic E-state index is 0.0325. The highest BCUT2D eigenvalue weighted by atomic mass is 32.2. The van der Waals surface area contributed by atoms with Gasteiger partial charge in [0.15, 0.2) is 19.7 Å². The minimum atomic E-state index is -3.47. The molecule has 0 saturated carbocycles. The van der Waals surface area contributed by atoms with Crippen LogP contribution in [0.1, 0.15) is 47.9 Å². The molecular weight excluding hydrogens is 691 g/mol. The van der Waals surface area contributed by atoms with Crippen LogP contribution < -0.4 is 5.73 Å². The molecule has 4 rings (SSSR count). The van der Waals surface area contributed by atoms with Crippen LogP contribution in [-0.2, 0) is 19.7 Å². The molecule has 0 aliphatic rings. The second kappa shape index (κ2) is 15.2. The van der Waals surface area contributed by atoms with Crippen LogP contribution in [0.4, 0.5) is 11.4 Å². The number of nitrogens with two attached hydrogens (primary N) is 1. The zero-order chi connectivity index (χ0) is 36.9. The number of hydrogen-bond donors (Lipinski definition) is 4. The van der Waals surface area contributed by atoms with Gasteiger partial charge in [-0.05, 0) is 80.6 Å². The number of anilines is 1. The van der Waals surface area contributed by atoms with E-state index in [2.05, 4.69) is 4.98 Å². The lowest BCUT2D eigenvalue weighted by Gasteiger charge is -2.13. The molecule has 1 heterocycles. The number of carboxylic acid groups (broad SMARTS) is 3. The van der Waals surface area contributed by atoms with E-state index in [4.69, 9.17) is 15.9 Å². The van der Waals surface area contributed by atoms with Crippen LogP contribution in [0.3, 0.4) is 0 Å². The molecular formula is C30H31N3O12S3. The van der Waals surface area contributed by atoms with E-state index < -0.39 is 42.5 Å². The number of benzene rings is 3. The second-order valence-electron chi connectivity index (χ2n) is 10.1. The molecule has 5 N–H and O–H groups in total. The number of pyridine rings is 1. The quantitative estimate of drug-likeness (QED) is 0.0876. The number of carboxylic acids is 3. The maximum Gasteiger partial charge on any atom is 0.336 e. The van der Waals surface area contributed by atoms with E-state index in [1.54, 1.807) is 20.1 Å². The molecule has 256 valence electrons. The predicted octanol–water partition coefficient (Wildman–Crippen LogP) is 4.65. The van der Waals surface area contributed by atoms with Crippen molar-refractivity contribution in [2.45, 2.75) is 35.5 Å². The Labute approximate surface area is 279 Å². The van der Waals surface area contributed by atoms with Gasteiger partial charge in [-0.1, -0.05) is 0 Å². The number of hydrogen-bond acceptors (Lipinski definition) is 12. The van der Waals surface area contributed by atoms with Gasteiger partial charge in [0, 0.05) is 29.7 Å². The summed E-state index contributed by atoms with van der Waals surface area (Å²) in [6.07, 6.45) is 3.80. The lowest BCUT2D eigenvalue weighted by Crippen LogP contribution is -2.07. The molecule has 0 radical (unpaired) electrons. The van der Waals surface area contributed by atoms with Gasteiger partial charge in [0.25, 0.3) is 5.69 Å². The van der Waals surface area contributed by atoms with Crippen molar-refractivity contribution in [1.82, 2.24) is 4.98 Å². The van der Waals surface area contributed by atoms with Crippen molar-refractivity contribution in [1.29, 1.82) is 0 Å². The van der Waals surface area contributed by atoms with Gasteiger partial charge in [0.05, 0.1) is 47.5 Å². The van der Waals surface area contributed by atoms with Gasteiger partial charge in [0.2, 0.25) is 0 Å². The topological polar surface area (TPSA) is 262 Å². The number of aromatic nitrogens is 1. The number of aromatic carboxylic acids is 3. The Hall–Kier alpha value is -5.07. The Bertz CT molecular complexity index is 2180. The molecule has 0 fully saturated rings. The molecule has 0 saturated heterocycles. The van der Waals surface area contributed by atoms with Crippen molar-refractivity contribution in [2.24, 2.45) is 0 Å². The van der Waals surface area contributed by atoms with Crippen LogP contribution in [0.25, 0.3) is 10.9 Å². The molecule has 0 aliphatic heterocycles. The van der Waals surface area contributed by atoms with Crippen molar-refractivity contribution >= 4 is 71.6 Å². The number of nitro groups is 1. The van der Waals surface area contributed by atoms with Crippen LogP contribution in [-0.4, -0.2) is 78.7 Å². The maximum absolute atomic E-state index is 11.8. The highest BCUT2D eigenvalue weighted by Gasteiger charge is 2.21. The van der Waals surface area contributed by atoms with Crippen LogP contribution >= 0.6 is 11.8 Å². The third-order valence-electron chi connectivity index (χ3n) is 6.81. The summed E-state index contributed by atoms with van der Waals surface area (Å²) in [5.41, 5.74) is 7.69. The third kappa shape index (κ3) is 9.26. The van der Waals surface area contributed by atoms with Crippen LogP contribution in [0, 0.1) is 30.9 Å². The molecule has 0 bridgehead atoms. The van der Waals surface area contributed by atoms with Gasteiger partial charge < -0.3 is 21.1 Å². The number of carbonyl (C=O) groups is 3. The van der Waals surface area contributed by atoms with E-state index in [-0.39, 0.29) is 43.4 Å². The fourth-order valence-electron chi connectivity index (χ4n) is 4.24. The number of fused-ring (bicyclic) bond motifs is 1. The largest absolute Gasteiger partial charge is 0.478 e. The smallest absolute Gasteiger partial charge is 0.336 e. The maximum atomic E-state index is 11.8. The van der Waals surface area contributed by atoms with Crippen LogP contribution in [0.15, 0.2) is 63.2 Å². The van der Waals surface area contributed by atoms with E-state index >= 15 is 0 Å². The van der Waals surface area contributed by atoms with Crippen molar-refractivity contribution in [2.75, 3.05) is 24.5 Å². The lowest BCUT2D eigenvalue weighted by molar-refractivity contribution is -0.387. The van der Waals surface area contributed by atoms with Crippen molar-refractivity contribution in [3.05, 3.63) is 92.2 Å². The summed E-state index contributed by atoms with van der Waals surface area (Å²) in [7, 11) is -6.87. The fourth-order valence-corrected chi connectivity index (χ4v) is 6.40. The van der Waals surface area contributed by atoms with E-state index in [9.17, 15) is 46.4 Å². The second-order valence-corrected chi connectivity index (χ2v) is 15.0. The summed E-state index contributed by atoms with van der Waals surface area (Å²) in [5, 5.41) is 37.5. The number of sulfone groups is 2. The lowest BCUT2D eigenvalue weighted by atomic mass is 9.99. The highest BCUT2D eigenvalue weighted by Crippen LogP contribution is 2.31.